The molecule has 2 rings (SSSR count). The summed E-state index contributed by atoms with van der Waals surface area (Å²) in [5, 5.41) is 13.8. The minimum absolute atomic E-state index is 0.235. The Morgan fingerprint density at radius 2 is 1.77 bits per heavy atom. The van der Waals surface area contributed by atoms with Gasteiger partial charge < -0.3 is 0 Å². The molecule has 1 aromatic carbocycles. The molecule has 0 N–H and O–H groups in total. The van der Waals surface area contributed by atoms with Crippen LogP contribution in [0.25, 0.3) is 0 Å². The van der Waals surface area contributed by atoms with Crippen molar-refractivity contribution in [3.63, 3.8) is 0 Å². The summed E-state index contributed by atoms with van der Waals surface area (Å²) in [7, 11) is 0. The van der Waals surface area contributed by atoms with Gasteiger partial charge in [0.15, 0.2) is 0 Å². The predicted octanol–water partition coefficient (Wildman–Crippen LogP) is 2.90. The summed E-state index contributed by atoms with van der Waals surface area (Å²) in [4.78, 5) is 12.5. The molecule has 4 nitrogen and oxygen atoms in total. The third kappa shape index (κ3) is 3.09. The first kappa shape index (κ1) is 16.0. The van der Waals surface area contributed by atoms with Gasteiger partial charge in [-0.25, -0.2) is 4.68 Å². The first-order valence-electron chi connectivity index (χ1n) is 7.60. The molecule has 1 aromatic heterocycles. The molecule has 0 aliphatic heterocycles. The van der Waals surface area contributed by atoms with Crippen LogP contribution in [0, 0.1) is 25.2 Å². The SMILES string of the molecule is CCc1nn(Cc2cc(C)cc(C)c2)c(=O)c(C#N)c1CC. The number of aryl methyl sites for hydroxylation is 3. The van der Waals surface area contributed by atoms with E-state index in [-0.39, 0.29) is 11.1 Å². The zero-order chi connectivity index (χ0) is 16.3. The van der Waals surface area contributed by atoms with Crippen LogP contribution in [0.1, 0.15) is 47.4 Å². The monoisotopic (exact) mass is 295 g/mol. The standard InChI is InChI=1S/C18H21N3O/c1-5-15-16(10-19)18(22)21(20-17(15)6-2)11-14-8-12(3)7-13(4)9-14/h7-9H,5-6,11H2,1-4H3. The van der Waals surface area contributed by atoms with E-state index in [9.17, 15) is 10.1 Å². The lowest BCUT2D eigenvalue weighted by molar-refractivity contribution is 0.611. The summed E-state index contributed by atoms with van der Waals surface area (Å²) in [6.45, 7) is 8.40. The summed E-state index contributed by atoms with van der Waals surface area (Å²) in [5.74, 6) is 0. The van der Waals surface area contributed by atoms with Crippen LogP contribution in [-0.4, -0.2) is 9.78 Å². The molecule has 0 spiro atoms. The van der Waals surface area contributed by atoms with Gasteiger partial charge in [-0.05, 0) is 37.8 Å². The molecule has 114 valence electrons. The smallest absolute Gasteiger partial charge is 0.266 e. The summed E-state index contributed by atoms with van der Waals surface area (Å²) in [5.41, 5.74) is 4.90. The number of hydrogen-bond donors (Lipinski definition) is 0. The van der Waals surface area contributed by atoms with Crippen molar-refractivity contribution in [2.24, 2.45) is 0 Å². The molecule has 0 amide bonds. The maximum absolute atomic E-state index is 12.5. The number of hydrogen-bond acceptors (Lipinski definition) is 3. The molecule has 0 saturated carbocycles. The highest BCUT2D eigenvalue weighted by Crippen LogP contribution is 2.13. The van der Waals surface area contributed by atoms with E-state index >= 15 is 0 Å². The number of nitriles is 1. The Morgan fingerprint density at radius 1 is 1.14 bits per heavy atom. The van der Waals surface area contributed by atoms with Gasteiger partial charge >= 0.3 is 0 Å². The first-order chi connectivity index (χ1) is 10.5. The fourth-order valence-corrected chi connectivity index (χ4v) is 2.87. The molecule has 0 fully saturated rings. The summed E-state index contributed by atoms with van der Waals surface area (Å²) in [6.07, 6.45) is 1.36. The van der Waals surface area contributed by atoms with E-state index in [1.165, 1.54) is 4.68 Å². The predicted molar refractivity (Wildman–Crippen MR) is 87.0 cm³/mol. The molecule has 0 aliphatic rings. The van der Waals surface area contributed by atoms with Gasteiger partial charge in [0, 0.05) is 0 Å². The summed E-state index contributed by atoms with van der Waals surface area (Å²) >= 11 is 0. The minimum Gasteiger partial charge on any atom is -0.266 e. The third-order valence-corrected chi connectivity index (χ3v) is 3.75. The van der Waals surface area contributed by atoms with Crippen molar-refractivity contribution >= 4 is 0 Å². The highest BCUT2D eigenvalue weighted by atomic mass is 16.1. The van der Waals surface area contributed by atoms with E-state index in [4.69, 9.17) is 0 Å². The van der Waals surface area contributed by atoms with E-state index in [1.54, 1.807) is 0 Å². The van der Waals surface area contributed by atoms with Crippen molar-refractivity contribution < 1.29 is 0 Å². The van der Waals surface area contributed by atoms with Gasteiger partial charge in [-0.1, -0.05) is 43.2 Å². The quantitative estimate of drug-likeness (QED) is 0.871. The topological polar surface area (TPSA) is 58.7 Å². The number of aromatic nitrogens is 2. The molecular formula is C18H21N3O. The van der Waals surface area contributed by atoms with Crippen LogP contribution in [0.4, 0.5) is 0 Å². The molecule has 0 unspecified atom stereocenters. The van der Waals surface area contributed by atoms with Crippen LogP contribution in [0.3, 0.4) is 0 Å². The van der Waals surface area contributed by atoms with Crippen molar-refractivity contribution in [3.05, 3.63) is 62.1 Å². The van der Waals surface area contributed by atoms with Crippen molar-refractivity contribution in [1.82, 2.24) is 9.78 Å². The zero-order valence-corrected chi connectivity index (χ0v) is 13.6. The Labute approximate surface area is 131 Å². The fraction of sp³-hybridized carbons (Fsp3) is 0.389. The molecule has 0 saturated heterocycles. The van der Waals surface area contributed by atoms with E-state index < -0.39 is 0 Å². The molecule has 2 aromatic rings. The highest BCUT2D eigenvalue weighted by molar-refractivity contribution is 5.38. The van der Waals surface area contributed by atoms with Gasteiger partial charge in [0.05, 0.1) is 12.2 Å². The number of rotatable bonds is 4. The Hall–Kier alpha value is -2.41. The Balaban J connectivity index is 2.56. The van der Waals surface area contributed by atoms with Crippen molar-refractivity contribution in [2.75, 3.05) is 0 Å². The van der Waals surface area contributed by atoms with Crippen LogP contribution in [0.2, 0.25) is 0 Å². The molecule has 22 heavy (non-hydrogen) atoms. The van der Waals surface area contributed by atoms with Gasteiger partial charge in [0.1, 0.15) is 11.6 Å². The van der Waals surface area contributed by atoms with E-state index in [2.05, 4.69) is 17.2 Å². The first-order valence-corrected chi connectivity index (χ1v) is 7.60. The fourth-order valence-electron chi connectivity index (χ4n) is 2.87. The van der Waals surface area contributed by atoms with Gasteiger partial charge in [-0.3, -0.25) is 4.79 Å². The lowest BCUT2D eigenvalue weighted by atomic mass is 10.0. The Kier molecular flexibility index (Phi) is 4.77. The van der Waals surface area contributed by atoms with Gasteiger partial charge in [0.25, 0.3) is 5.56 Å². The van der Waals surface area contributed by atoms with Crippen LogP contribution >= 0.6 is 0 Å². The second-order valence-corrected chi connectivity index (χ2v) is 5.58. The second kappa shape index (κ2) is 6.57. The molecule has 1 heterocycles. The number of nitrogens with zero attached hydrogens (tertiary/aromatic N) is 3. The molecule has 4 heteroatoms. The average Bonchev–Trinajstić information content (AvgIpc) is 2.47. The Morgan fingerprint density at radius 3 is 2.27 bits per heavy atom. The summed E-state index contributed by atoms with van der Waals surface area (Å²) in [6, 6.07) is 8.26. The van der Waals surface area contributed by atoms with Gasteiger partial charge in [0.2, 0.25) is 0 Å². The third-order valence-electron chi connectivity index (χ3n) is 3.75. The van der Waals surface area contributed by atoms with Crippen LogP contribution < -0.4 is 5.56 Å². The maximum Gasteiger partial charge on any atom is 0.285 e. The van der Waals surface area contributed by atoms with E-state index in [0.717, 1.165) is 27.9 Å². The summed E-state index contributed by atoms with van der Waals surface area (Å²) < 4.78 is 1.42. The Bertz CT molecular complexity index is 777. The maximum atomic E-state index is 12.5. The molecule has 0 atom stereocenters. The largest absolute Gasteiger partial charge is 0.285 e. The van der Waals surface area contributed by atoms with Crippen LogP contribution in [0.15, 0.2) is 23.0 Å². The van der Waals surface area contributed by atoms with Crippen molar-refractivity contribution in [2.45, 2.75) is 47.1 Å². The van der Waals surface area contributed by atoms with E-state index in [0.29, 0.717) is 19.4 Å². The lowest BCUT2D eigenvalue weighted by Crippen LogP contribution is -2.29. The molecule has 0 aliphatic carbocycles. The lowest BCUT2D eigenvalue weighted by Gasteiger charge is -2.12. The zero-order valence-electron chi connectivity index (χ0n) is 13.6. The van der Waals surface area contributed by atoms with Gasteiger partial charge in [-0.2, -0.15) is 10.4 Å². The van der Waals surface area contributed by atoms with Crippen LogP contribution in [0.5, 0.6) is 0 Å². The van der Waals surface area contributed by atoms with Crippen LogP contribution in [-0.2, 0) is 19.4 Å². The normalized spacial score (nSPS) is 10.5. The van der Waals surface area contributed by atoms with E-state index in [1.807, 2.05) is 39.8 Å². The molecule has 0 bridgehead atoms. The number of benzene rings is 1. The highest BCUT2D eigenvalue weighted by Gasteiger charge is 2.15. The molecular weight excluding hydrogens is 274 g/mol. The minimum atomic E-state index is -0.296. The molecule has 0 radical (unpaired) electrons. The second-order valence-electron chi connectivity index (χ2n) is 5.58. The van der Waals surface area contributed by atoms with Crippen molar-refractivity contribution in [3.8, 4) is 6.07 Å². The van der Waals surface area contributed by atoms with Gasteiger partial charge in [-0.15, -0.1) is 0 Å². The van der Waals surface area contributed by atoms with Crippen molar-refractivity contribution in [1.29, 1.82) is 5.26 Å². The average molecular weight is 295 g/mol.